The van der Waals surface area contributed by atoms with Crippen LogP contribution in [-0.4, -0.2) is 37.8 Å². The van der Waals surface area contributed by atoms with Gasteiger partial charge in [0.2, 0.25) is 0 Å². The molecule has 1 aromatic rings. The molecule has 0 radical (unpaired) electrons. The van der Waals surface area contributed by atoms with Gasteiger partial charge in [-0.3, -0.25) is 0 Å². The molecule has 0 atom stereocenters. The quantitative estimate of drug-likeness (QED) is 0.674. The van der Waals surface area contributed by atoms with Crippen LogP contribution >= 0.6 is 11.3 Å². The van der Waals surface area contributed by atoms with Gasteiger partial charge in [-0.2, -0.15) is 0 Å². The number of nitrogens with one attached hydrogen (secondary N) is 1. The highest BCUT2D eigenvalue weighted by atomic mass is 32.1. The molecule has 1 N–H and O–H groups in total. The molecule has 1 heterocycles. The molecule has 1 rings (SSSR count). The number of rotatable bonds is 10. The minimum atomic E-state index is 0.495. The van der Waals surface area contributed by atoms with Gasteiger partial charge in [0.25, 0.3) is 0 Å². The van der Waals surface area contributed by atoms with E-state index in [4.69, 9.17) is 9.72 Å². The Labute approximate surface area is 127 Å². The van der Waals surface area contributed by atoms with Crippen molar-refractivity contribution in [1.82, 2.24) is 10.3 Å². The summed E-state index contributed by atoms with van der Waals surface area (Å²) >= 11 is 1.83. The molecule has 0 saturated heterocycles. The van der Waals surface area contributed by atoms with E-state index in [0.29, 0.717) is 6.04 Å². The molecule has 0 amide bonds. The standard InChI is InChI=1S/C15H29N3OS/c1-6-8-13-14(11-16-9-10-19-5)20-15(17-13)18(7-2)12(3)4/h12,16H,6-11H2,1-5H3. The molecule has 0 spiro atoms. The fourth-order valence-electron chi connectivity index (χ4n) is 2.16. The number of nitrogens with zero attached hydrogens (tertiary/aromatic N) is 2. The Kier molecular flexibility index (Phi) is 8.11. The van der Waals surface area contributed by atoms with Gasteiger partial charge in [0.05, 0.1) is 12.3 Å². The van der Waals surface area contributed by atoms with Crippen molar-refractivity contribution in [3.63, 3.8) is 0 Å². The Morgan fingerprint density at radius 2 is 2.10 bits per heavy atom. The lowest BCUT2D eigenvalue weighted by atomic mass is 10.2. The average Bonchev–Trinajstić information content (AvgIpc) is 2.79. The van der Waals surface area contributed by atoms with Crippen molar-refractivity contribution < 1.29 is 4.74 Å². The first-order chi connectivity index (χ1) is 9.63. The highest BCUT2D eigenvalue weighted by Crippen LogP contribution is 2.28. The molecule has 0 aliphatic heterocycles. The maximum Gasteiger partial charge on any atom is 0.186 e. The van der Waals surface area contributed by atoms with Crippen molar-refractivity contribution in [3.05, 3.63) is 10.6 Å². The number of aromatic nitrogens is 1. The molecule has 0 fully saturated rings. The third-order valence-electron chi connectivity index (χ3n) is 3.23. The topological polar surface area (TPSA) is 37.4 Å². The number of anilines is 1. The number of thiazole rings is 1. The fourth-order valence-corrected chi connectivity index (χ4v) is 3.43. The fraction of sp³-hybridized carbons (Fsp3) is 0.800. The minimum Gasteiger partial charge on any atom is -0.383 e. The summed E-state index contributed by atoms with van der Waals surface area (Å²) in [5.41, 5.74) is 1.26. The van der Waals surface area contributed by atoms with Crippen LogP contribution in [-0.2, 0) is 17.7 Å². The molecule has 0 saturated carbocycles. The maximum absolute atomic E-state index is 5.07. The van der Waals surface area contributed by atoms with E-state index in [9.17, 15) is 0 Å². The van der Waals surface area contributed by atoms with Gasteiger partial charge in [-0.1, -0.05) is 13.3 Å². The van der Waals surface area contributed by atoms with E-state index < -0.39 is 0 Å². The van der Waals surface area contributed by atoms with E-state index in [-0.39, 0.29) is 0 Å². The van der Waals surface area contributed by atoms with Gasteiger partial charge in [0.1, 0.15) is 0 Å². The maximum atomic E-state index is 5.07. The molecule has 20 heavy (non-hydrogen) atoms. The Morgan fingerprint density at radius 1 is 1.35 bits per heavy atom. The largest absolute Gasteiger partial charge is 0.383 e. The Balaban J connectivity index is 2.78. The van der Waals surface area contributed by atoms with Gasteiger partial charge in [-0.05, 0) is 27.2 Å². The van der Waals surface area contributed by atoms with Gasteiger partial charge >= 0.3 is 0 Å². The second kappa shape index (κ2) is 9.32. The van der Waals surface area contributed by atoms with Crippen molar-refractivity contribution in [2.45, 2.75) is 53.1 Å². The molecular formula is C15H29N3OS. The van der Waals surface area contributed by atoms with Crippen molar-refractivity contribution in [3.8, 4) is 0 Å². The van der Waals surface area contributed by atoms with Crippen LogP contribution in [0.5, 0.6) is 0 Å². The number of hydrogen-bond acceptors (Lipinski definition) is 5. The molecular weight excluding hydrogens is 270 g/mol. The summed E-state index contributed by atoms with van der Waals surface area (Å²) in [5, 5.41) is 4.59. The molecule has 5 heteroatoms. The molecule has 116 valence electrons. The van der Waals surface area contributed by atoms with Crippen LogP contribution < -0.4 is 10.2 Å². The lowest BCUT2D eigenvalue weighted by Crippen LogP contribution is -2.30. The normalized spacial score (nSPS) is 11.3. The molecule has 4 nitrogen and oxygen atoms in total. The van der Waals surface area contributed by atoms with Crippen molar-refractivity contribution >= 4 is 16.5 Å². The number of methoxy groups -OCH3 is 1. The zero-order valence-electron chi connectivity index (χ0n) is 13.5. The van der Waals surface area contributed by atoms with Crippen molar-refractivity contribution in [1.29, 1.82) is 0 Å². The molecule has 0 unspecified atom stereocenters. The zero-order valence-corrected chi connectivity index (χ0v) is 14.3. The first kappa shape index (κ1) is 17.4. The van der Waals surface area contributed by atoms with Crippen LogP contribution in [0.3, 0.4) is 0 Å². The Hall–Kier alpha value is -0.650. The molecule has 0 aliphatic rings. The van der Waals surface area contributed by atoms with Crippen molar-refractivity contribution in [2.75, 3.05) is 31.7 Å². The average molecular weight is 299 g/mol. The summed E-state index contributed by atoms with van der Waals surface area (Å²) in [5.74, 6) is 0. The van der Waals surface area contributed by atoms with E-state index in [1.807, 2.05) is 11.3 Å². The van der Waals surface area contributed by atoms with Crippen LogP contribution in [0, 0.1) is 0 Å². The van der Waals surface area contributed by atoms with Crippen LogP contribution in [0.25, 0.3) is 0 Å². The monoisotopic (exact) mass is 299 g/mol. The second-order valence-electron chi connectivity index (χ2n) is 5.17. The summed E-state index contributed by atoms with van der Waals surface area (Å²) in [4.78, 5) is 8.60. The predicted octanol–water partition coefficient (Wildman–Crippen LogP) is 3.07. The third kappa shape index (κ3) is 5.04. The van der Waals surface area contributed by atoms with E-state index in [2.05, 4.69) is 37.9 Å². The summed E-state index contributed by atoms with van der Waals surface area (Å²) in [6.45, 7) is 12.4. The smallest absolute Gasteiger partial charge is 0.186 e. The van der Waals surface area contributed by atoms with Crippen molar-refractivity contribution in [2.24, 2.45) is 0 Å². The molecule has 0 aliphatic carbocycles. The number of ether oxygens (including phenoxy) is 1. The van der Waals surface area contributed by atoms with E-state index >= 15 is 0 Å². The van der Waals surface area contributed by atoms with Gasteiger partial charge in [-0.15, -0.1) is 11.3 Å². The first-order valence-electron chi connectivity index (χ1n) is 7.58. The summed E-state index contributed by atoms with van der Waals surface area (Å²) in [6, 6.07) is 0.495. The van der Waals surface area contributed by atoms with Gasteiger partial charge in [-0.25, -0.2) is 4.98 Å². The SMILES string of the molecule is CCCc1nc(N(CC)C(C)C)sc1CNCCOC. The number of aryl methyl sites for hydroxylation is 1. The molecule has 0 bridgehead atoms. The lowest BCUT2D eigenvalue weighted by Gasteiger charge is -2.24. The number of hydrogen-bond donors (Lipinski definition) is 1. The van der Waals surface area contributed by atoms with Crippen LogP contribution in [0.2, 0.25) is 0 Å². The van der Waals surface area contributed by atoms with E-state index in [1.165, 1.54) is 10.6 Å². The highest BCUT2D eigenvalue weighted by molar-refractivity contribution is 7.15. The zero-order chi connectivity index (χ0) is 15.0. The van der Waals surface area contributed by atoms with Gasteiger partial charge in [0, 0.05) is 37.7 Å². The summed E-state index contributed by atoms with van der Waals surface area (Å²) < 4.78 is 5.07. The lowest BCUT2D eigenvalue weighted by molar-refractivity contribution is 0.199. The molecule has 1 aromatic heterocycles. The van der Waals surface area contributed by atoms with Crippen LogP contribution in [0.1, 0.15) is 44.7 Å². The van der Waals surface area contributed by atoms with E-state index in [0.717, 1.165) is 44.2 Å². The Bertz CT molecular complexity index is 379. The van der Waals surface area contributed by atoms with Crippen LogP contribution in [0.4, 0.5) is 5.13 Å². The highest BCUT2D eigenvalue weighted by Gasteiger charge is 2.16. The van der Waals surface area contributed by atoms with Gasteiger partial charge in [0.15, 0.2) is 5.13 Å². The summed E-state index contributed by atoms with van der Waals surface area (Å²) in [7, 11) is 1.73. The van der Waals surface area contributed by atoms with E-state index in [1.54, 1.807) is 7.11 Å². The summed E-state index contributed by atoms with van der Waals surface area (Å²) in [6.07, 6.45) is 2.20. The Morgan fingerprint density at radius 3 is 2.65 bits per heavy atom. The van der Waals surface area contributed by atoms with Gasteiger partial charge < -0.3 is 15.0 Å². The third-order valence-corrected chi connectivity index (χ3v) is 4.37. The molecule has 0 aromatic carbocycles. The van der Waals surface area contributed by atoms with Crippen LogP contribution in [0.15, 0.2) is 0 Å². The predicted molar refractivity (Wildman–Crippen MR) is 87.8 cm³/mol. The second-order valence-corrected chi connectivity index (χ2v) is 6.23. The minimum absolute atomic E-state index is 0.495. The first-order valence-corrected chi connectivity index (χ1v) is 8.40.